The lowest BCUT2D eigenvalue weighted by atomic mass is 10.2. The maximum Gasteiger partial charge on any atom is 0.238 e. The average Bonchev–Trinajstić information content (AvgIpc) is 2.32. The fourth-order valence-electron chi connectivity index (χ4n) is 1.32. The van der Waals surface area contributed by atoms with Gasteiger partial charge in [-0.05, 0) is 18.2 Å². The second-order valence-electron chi connectivity index (χ2n) is 3.35. The van der Waals surface area contributed by atoms with Gasteiger partial charge in [0.05, 0.1) is 0 Å². The fraction of sp³-hybridized carbons (Fsp3) is 0.0833. The molecule has 0 amide bonds. The van der Waals surface area contributed by atoms with E-state index in [1.54, 1.807) is 30.5 Å². The van der Waals surface area contributed by atoms with Gasteiger partial charge >= 0.3 is 0 Å². The van der Waals surface area contributed by atoms with Crippen molar-refractivity contribution in [3.63, 3.8) is 0 Å². The van der Waals surface area contributed by atoms with Crippen LogP contribution >= 0.6 is 11.6 Å². The minimum atomic E-state index is -0.406. The third-order valence-corrected chi connectivity index (χ3v) is 2.47. The van der Waals surface area contributed by atoms with Gasteiger partial charge in [0.2, 0.25) is 5.88 Å². The van der Waals surface area contributed by atoms with E-state index in [0.29, 0.717) is 16.3 Å². The van der Waals surface area contributed by atoms with Gasteiger partial charge in [-0.15, -0.1) is 0 Å². The van der Waals surface area contributed by atoms with E-state index in [9.17, 15) is 4.39 Å². The molecule has 3 nitrogen and oxygen atoms in total. The second-order valence-corrected chi connectivity index (χ2v) is 3.76. The number of hydrogen-bond donors (Lipinski definition) is 1. The topological polar surface area (TPSA) is 48.1 Å². The molecule has 0 saturated heterocycles. The summed E-state index contributed by atoms with van der Waals surface area (Å²) in [7, 11) is 0. The minimum absolute atomic E-state index is 0.149. The van der Waals surface area contributed by atoms with Gasteiger partial charge in [0.1, 0.15) is 16.6 Å². The smallest absolute Gasteiger partial charge is 0.238 e. The molecule has 0 radical (unpaired) electrons. The Labute approximate surface area is 103 Å². The highest BCUT2D eigenvalue weighted by molar-refractivity contribution is 6.31. The predicted octanol–water partition coefficient (Wildman–Crippen LogP) is 3.13. The molecule has 2 rings (SSSR count). The lowest BCUT2D eigenvalue weighted by Gasteiger charge is -2.07. The molecule has 0 saturated carbocycles. The Balaban J connectivity index is 2.25. The summed E-state index contributed by atoms with van der Waals surface area (Å²) in [4.78, 5) is 3.94. The lowest BCUT2D eigenvalue weighted by molar-refractivity contribution is 0.457. The van der Waals surface area contributed by atoms with E-state index < -0.39 is 5.82 Å². The summed E-state index contributed by atoms with van der Waals surface area (Å²) in [5, 5.41) is 0.371. The molecule has 1 heterocycles. The average molecular weight is 253 g/mol. The van der Waals surface area contributed by atoms with Crippen molar-refractivity contribution in [2.45, 2.75) is 6.54 Å². The first kappa shape index (κ1) is 11.8. The summed E-state index contributed by atoms with van der Waals surface area (Å²) in [6.45, 7) is 0.149. The lowest BCUT2D eigenvalue weighted by Crippen LogP contribution is -1.99. The zero-order valence-electron chi connectivity index (χ0n) is 8.86. The van der Waals surface area contributed by atoms with Crippen molar-refractivity contribution in [1.82, 2.24) is 4.98 Å². The molecule has 1 aromatic carbocycles. The Morgan fingerprint density at radius 1 is 1.35 bits per heavy atom. The number of pyridine rings is 1. The van der Waals surface area contributed by atoms with E-state index in [-0.39, 0.29) is 12.4 Å². The van der Waals surface area contributed by atoms with Crippen molar-refractivity contribution >= 4 is 11.6 Å². The molecule has 0 aliphatic heterocycles. The van der Waals surface area contributed by atoms with Crippen molar-refractivity contribution in [2.75, 3.05) is 0 Å². The van der Waals surface area contributed by atoms with Crippen LogP contribution in [0, 0.1) is 5.82 Å². The Morgan fingerprint density at radius 2 is 2.18 bits per heavy atom. The Bertz CT molecular complexity index is 534. The molecule has 1 aromatic heterocycles. The molecule has 88 valence electrons. The molecule has 0 aliphatic carbocycles. The molecule has 0 spiro atoms. The molecule has 0 fully saturated rings. The molecule has 0 unspecified atom stereocenters. The fourth-order valence-corrected chi connectivity index (χ4v) is 1.48. The van der Waals surface area contributed by atoms with Crippen LogP contribution in [0.25, 0.3) is 0 Å². The van der Waals surface area contributed by atoms with Gasteiger partial charge in [0.25, 0.3) is 0 Å². The van der Waals surface area contributed by atoms with Crippen LogP contribution in [0.2, 0.25) is 5.02 Å². The third kappa shape index (κ3) is 2.72. The molecule has 0 bridgehead atoms. The Morgan fingerprint density at radius 3 is 2.82 bits per heavy atom. The van der Waals surface area contributed by atoms with E-state index in [4.69, 9.17) is 22.1 Å². The molecule has 0 atom stereocenters. The molecule has 5 heteroatoms. The van der Waals surface area contributed by atoms with Gasteiger partial charge in [0.15, 0.2) is 0 Å². The molecular formula is C12H10ClFN2O. The molecule has 2 N–H and O–H groups in total. The largest absolute Gasteiger partial charge is 0.437 e. The highest BCUT2D eigenvalue weighted by Crippen LogP contribution is 2.27. The first-order valence-corrected chi connectivity index (χ1v) is 5.35. The number of nitrogens with zero attached hydrogens (tertiary/aromatic N) is 1. The summed E-state index contributed by atoms with van der Waals surface area (Å²) >= 11 is 5.87. The molecule has 0 aliphatic rings. The van der Waals surface area contributed by atoms with E-state index in [2.05, 4.69) is 4.98 Å². The van der Waals surface area contributed by atoms with E-state index in [0.717, 1.165) is 0 Å². The highest BCUT2D eigenvalue weighted by Gasteiger charge is 2.06. The van der Waals surface area contributed by atoms with Crippen molar-refractivity contribution in [2.24, 2.45) is 5.73 Å². The summed E-state index contributed by atoms with van der Waals surface area (Å²) in [5.41, 5.74) is 5.80. The SMILES string of the molecule is NCc1ccc(Oc2ncccc2Cl)cc1F. The standard InChI is InChI=1S/C12H10ClFN2O/c13-10-2-1-5-16-12(10)17-9-4-3-8(7-15)11(14)6-9/h1-6H,7,15H2. The summed E-state index contributed by atoms with van der Waals surface area (Å²) in [5.74, 6) is 0.173. The zero-order valence-corrected chi connectivity index (χ0v) is 9.62. The molecular weight excluding hydrogens is 243 g/mol. The number of halogens is 2. The second kappa shape index (κ2) is 5.12. The number of nitrogens with two attached hydrogens (primary N) is 1. The zero-order chi connectivity index (χ0) is 12.3. The van der Waals surface area contributed by atoms with Crippen molar-refractivity contribution in [3.8, 4) is 11.6 Å². The molecule has 17 heavy (non-hydrogen) atoms. The number of rotatable bonds is 3. The van der Waals surface area contributed by atoms with Crippen LogP contribution in [-0.4, -0.2) is 4.98 Å². The highest BCUT2D eigenvalue weighted by atomic mass is 35.5. The normalized spacial score (nSPS) is 10.3. The monoisotopic (exact) mass is 252 g/mol. The van der Waals surface area contributed by atoms with E-state index in [1.807, 2.05) is 0 Å². The van der Waals surface area contributed by atoms with Gasteiger partial charge in [-0.25, -0.2) is 9.37 Å². The Hall–Kier alpha value is -1.65. The van der Waals surface area contributed by atoms with Crippen LogP contribution in [0.4, 0.5) is 4.39 Å². The van der Waals surface area contributed by atoms with Crippen LogP contribution in [0.15, 0.2) is 36.5 Å². The van der Waals surface area contributed by atoms with E-state index >= 15 is 0 Å². The Kier molecular flexibility index (Phi) is 3.56. The van der Waals surface area contributed by atoms with Crippen molar-refractivity contribution < 1.29 is 9.13 Å². The first-order valence-electron chi connectivity index (χ1n) is 4.97. The van der Waals surface area contributed by atoms with Crippen LogP contribution in [0.3, 0.4) is 0 Å². The number of aromatic nitrogens is 1. The van der Waals surface area contributed by atoms with Gasteiger partial charge in [-0.1, -0.05) is 17.7 Å². The maximum atomic E-state index is 13.4. The summed E-state index contributed by atoms with van der Waals surface area (Å²) in [6, 6.07) is 7.78. The quantitative estimate of drug-likeness (QED) is 0.913. The van der Waals surface area contributed by atoms with E-state index in [1.165, 1.54) is 6.07 Å². The number of ether oxygens (including phenoxy) is 1. The van der Waals surface area contributed by atoms with Crippen LogP contribution in [0.5, 0.6) is 11.6 Å². The summed E-state index contributed by atoms with van der Waals surface area (Å²) in [6.07, 6.45) is 1.55. The predicted molar refractivity (Wildman–Crippen MR) is 63.6 cm³/mol. The van der Waals surface area contributed by atoms with Crippen molar-refractivity contribution in [1.29, 1.82) is 0 Å². The number of benzene rings is 1. The summed E-state index contributed by atoms with van der Waals surface area (Å²) < 4.78 is 18.8. The molecule has 2 aromatic rings. The van der Waals surface area contributed by atoms with Crippen molar-refractivity contribution in [3.05, 3.63) is 52.9 Å². The maximum absolute atomic E-state index is 13.4. The van der Waals surface area contributed by atoms with Gasteiger partial charge in [-0.3, -0.25) is 0 Å². The first-order chi connectivity index (χ1) is 8.20. The van der Waals surface area contributed by atoms with Gasteiger partial charge in [0, 0.05) is 24.4 Å². The number of hydrogen-bond acceptors (Lipinski definition) is 3. The van der Waals surface area contributed by atoms with Crippen LogP contribution in [-0.2, 0) is 6.54 Å². The minimum Gasteiger partial charge on any atom is -0.437 e. The van der Waals surface area contributed by atoms with Gasteiger partial charge in [-0.2, -0.15) is 0 Å². The third-order valence-electron chi connectivity index (χ3n) is 2.18. The van der Waals surface area contributed by atoms with Crippen LogP contribution < -0.4 is 10.5 Å². The van der Waals surface area contributed by atoms with Gasteiger partial charge < -0.3 is 10.5 Å². The van der Waals surface area contributed by atoms with Crippen LogP contribution in [0.1, 0.15) is 5.56 Å².